The Bertz CT molecular complexity index is 1290. The number of aromatic nitrogens is 1. The molecular formula is C25H25N4O5S+. The van der Waals surface area contributed by atoms with Crippen molar-refractivity contribution >= 4 is 29.5 Å². The number of nitrogens with zero attached hydrogens (tertiary/aromatic N) is 3. The standard InChI is InChI=1S/C25H24N4O5S/c26-20-23(32)29-21(25(33)34)17(14-35-24(20)29)11-16-7-9-28(22(16)31)13-18-5-1-2-8-27(18)12-15-4-3-6-19(30)10-15/h1-6,8,10-11,20,24H,7,9,12-14,26H2,(H-,30,33,34)/p+1/b16-11+/t20-,24-/m1/s1. The monoisotopic (exact) mass is 493 g/mol. The number of carboxylic acid groups (broad SMARTS) is 1. The fraction of sp³-hybridized carbons (Fsp3) is 0.280. The van der Waals surface area contributed by atoms with Gasteiger partial charge in [0.15, 0.2) is 12.7 Å². The summed E-state index contributed by atoms with van der Waals surface area (Å²) in [5.41, 5.74) is 8.61. The van der Waals surface area contributed by atoms with Crippen LogP contribution in [0.2, 0.25) is 0 Å². The van der Waals surface area contributed by atoms with Gasteiger partial charge in [-0.1, -0.05) is 18.2 Å². The summed E-state index contributed by atoms with van der Waals surface area (Å²) in [6.07, 6.45) is 4.07. The van der Waals surface area contributed by atoms with Crippen LogP contribution in [0.25, 0.3) is 0 Å². The largest absolute Gasteiger partial charge is 0.508 e. The Morgan fingerprint density at radius 3 is 2.83 bits per heavy atom. The second kappa shape index (κ2) is 9.20. The highest BCUT2D eigenvalue weighted by Crippen LogP contribution is 2.40. The number of aliphatic carboxylic acids is 1. The molecule has 0 spiro atoms. The van der Waals surface area contributed by atoms with E-state index in [0.717, 1.165) is 11.3 Å². The molecule has 9 nitrogen and oxygen atoms in total. The van der Waals surface area contributed by atoms with Gasteiger partial charge in [-0.3, -0.25) is 14.5 Å². The number of fused-ring (bicyclic) bond motifs is 1. The van der Waals surface area contributed by atoms with Gasteiger partial charge in [-0.2, -0.15) is 4.57 Å². The van der Waals surface area contributed by atoms with E-state index in [2.05, 4.69) is 0 Å². The fourth-order valence-corrected chi connectivity index (χ4v) is 5.92. The first-order chi connectivity index (χ1) is 16.8. The van der Waals surface area contributed by atoms with E-state index in [1.54, 1.807) is 29.2 Å². The molecule has 3 aliphatic rings. The van der Waals surface area contributed by atoms with Crippen LogP contribution in [0.5, 0.6) is 5.75 Å². The number of rotatable bonds is 6. The number of hydrogen-bond acceptors (Lipinski definition) is 6. The minimum atomic E-state index is -1.19. The van der Waals surface area contributed by atoms with Crippen LogP contribution in [0.15, 0.2) is 71.6 Å². The number of nitrogens with two attached hydrogens (primary N) is 1. The summed E-state index contributed by atoms with van der Waals surface area (Å²) in [5, 5.41) is 19.1. The van der Waals surface area contributed by atoms with Crippen LogP contribution in [-0.2, 0) is 27.5 Å². The number of phenolic OH excluding ortho intramolecular Hbond substituents is 1. The lowest BCUT2D eigenvalue weighted by atomic mass is 10.0. The molecule has 3 aliphatic heterocycles. The first kappa shape index (κ1) is 23.1. The summed E-state index contributed by atoms with van der Waals surface area (Å²) in [4.78, 5) is 40.3. The van der Waals surface area contributed by atoms with Crippen molar-refractivity contribution in [3.8, 4) is 5.75 Å². The van der Waals surface area contributed by atoms with E-state index < -0.39 is 17.9 Å². The molecule has 4 N–H and O–H groups in total. The SMILES string of the molecule is N[C@@H]1C(=O)N2C(C(=O)O)=C(/C=C3\CCN(Cc4cccc[n+]4Cc4cccc(O)c4)C3=O)CS[C@H]12. The molecule has 0 saturated carbocycles. The number of carbonyl (C=O) groups is 3. The molecule has 4 heterocycles. The van der Waals surface area contributed by atoms with Gasteiger partial charge in [0.05, 0.1) is 0 Å². The number of hydrogen-bond donors (Lipinski definition) is 3. The topological polar surface area (TPSA) is 128 Å². The van der Waals surface area contributed by atoms with Crippen LogP contribution in [0, 0.1) is 0 Å². The number of likely N-dealkylation sites (tertiary alicyclic amines) is 1. The van der Waals surface area contributed by atoms with Crippen molar-refractivity contribution in [2.45, 2.75) is 30.9 Å². The quantitative estimate of drug-likeness (QED) is 0.311. The summed E-state index contributed by atoms with van der Waals surface area (Å²) < 4.78 is 2.03. The third-order valence-electron chi connectivity index (χ3n) is 6.45. The fourth-order valence-electron chi connectivity index (χ4n) is 4.67. The number of benzene rings is 1. The molecule has 0 aliphatic carbocycles. The summed E-state index contributed by atoms with van der Waals surface area (Å²) in [7, 11) is 0. The third kappa shape index (κ3) is 4.30. The second-order valence-electron chi connectivity index (χ2n) is 8.75. The Morgan fingerprint density at radius 2 is 2.06 bits per heavy atom. The van der Waals surface area contributed by atoms with Gasteiger partial charge in [-0.05, 0) is 30.2 Å². The Morgan fingerprint density at radius 1 is 1.23 bits per heavy atom. The predicted molar refractivity (Wildman–Crippen MR) is 128 cm³/mol. The molecule has 0 bridgehead atoms. The van der Waals surface area contributed by atoms with E-state index in [1.165, 1.54) is 16.7 Å². The van der Waals surface area contributed by atoms with Crippen molar-refractivity contribution < 1.29 is 29.2 Å². The number of pyridine rings is 1. The van der Waals surface area contributed by atoms with Crippen LogP contribution >= 0.6 is 11.8 Å². The van der Waals surface area contributed by atoms with Crippen molar-refractivity contribution in [2.75, 3.05) is 12.3 Å². The number of aromatic hydroxyl groups is 1. The minimum absolute atomic E-state index is 0.0776. The molecule has 2 amide bonds. The number of phenols is 1. The van der Waals surface area contributed by atoms with E-state index in [-0.39, 0.29) is 22.7 Å². The van der Waals surface area contributed by atoms with Crippen molar-refractivity contribution in [3.63, 3.8) is 0 Å². The number of amides is 2. The molecule has 2 saturated heterocycles. The van der Waals surface area contributed by atoms with Crippen LogP contribution < -0.4 is 10.3 Å². The molecule has 35 heavy (non-hydrogen) atoms. The first-order valence-electron chi connectivity index (χ1n) is 11.3. The van der Waals surface area contributed by atoms with E-state index in [9.17, 15) is 24.6 Å². The zero-order valence-corrected chi connectivity index (χ0v) is 19.6. The Balaban J connectivity index is 1.35. The van der Waals surface area contributed by atoms with E-state index in [1.807, 2.05) is 35.0 Å². The molecule has 1 aromatic heterocycles. The van der Waals surface area contributed by atoms with Gasteiger partial charge in [-0.15, -0.1) is 11.8 Å². The molecular weight excluding hydrogens is 468 g/mol. The molecule has 180 valence electrons. The molecule has 2 aromatic rings. The maximum Gasteiger partial charge on any atom is 0.352 e. The van der Waals surface area contributed by atoms with Crippen LogP contribution in [0.4, 0.5) is 0 Å². The highest BCUT2D eigenvalue weighted by atomic mass is 32.2. The van der Waals surface area contributed by atoms with Crippen molar-refractivity contribution in [2.24, 2.45) is 5.73 Å². The molecule has 10 heteroatoms. The van der Waals surface area contributed by atoms with Gasteiger partial charge in [-0.25, -0.2) is 4.79 Å². The van der Waals surface area contributed by atoms with Crippen molar-refractivity contribution in [1.29, 1.82) is 0 Å². The molecule has 0 unspecified atom stereocenters. The maximum atomic E-state index is 13.2. The minimum Gasteiger partial charge on any atom is -0.508 e. The lowest BCUT2D eigenvalue weighted by Gasteiger charge is -2.47. The normalized spacial score (nSPS) is 23.1. The smallest absolute Gasteiger partial charge is 0.352 e. The van der Waals surface area contributed by atoms with Crippen molar-refractivity contribution in [3.05, 3.63) is 82.8 Å². The Kier molecular flexibility index (Phi) is 6.08. The van der Waals surface area contributed by atoms with Crippen LogP contribution in [0.1, 0.15) is 17.7 Å². The van der Waals surface area contributed by atoms with Crippen LogP contribution in [0.3, 0.4) is 0 Å². The van der Waals surface area contributed by atoms with Gasteiger partial charge in [0.1, 0.15) is 29.4 Å². The maximum absolute atomic E-state index is 13.2. The van der Waals surface area contributed by atoms with E-state index >= 15 is 0 Å². The molecule has 2 atom stereocenters. The molecule has 5 rings (SSSR count). The molecule has 0 radical (unpaired) electrons. The summed E-state index contributed by atoms with van der Waals surface area (Å²) in [6.45, 7) is 1.47. The van der Waals surface area contributed by atoms with Gasteiger partial charge in [0, 0.05) is 35.6 Å². The highest BCUT2D eigenvalue weighted by Gasteiger charge is 2.51. The third-order valence-corrected chi connectivity index (χ3v) is 7.78. The van der Waals surface area contributed by atoms with E-state index in [4.69, 9.17) is 5.73 Å². The lowest BCUT2D eigenvalue weighted by molar-refractivity contribution is -0.696. The average molecular weight is 494 g/mol. The number of thioether (sulfide) groups is 1. The molecule has 2 fully saturated rings. The van der Waals surface area contributed by atoms with Crippen molar-refractivity contribution in [1.82, 2.24) is 9.80 Å². The number of carbonyl (C=O) groups excluding carboxylic acids is 2. The summed E-state index contributed by atoms with van der Waals surface area (Å²) >= 11 is 1.41. The lowest BCUT2D eigenvalue weighted by Crippen LogP contribution is -2.68. The van der Waals surface area contributed by atoms with E-state index in [0.29, 0.717) is 43.0 Å². The molecule has 1 aromatic carbocycles. The van der Waals surface area contributed by atoms with Gasteiger partial charge < -0.3 is 20.8 Å². The highest BCUT2D eigenvalue weighted by molar-refractivity contribution is 8.00. The van der Waals surface area contributed by atoms with Gasteiger partial charge in [0.25, 0.3) is 0 Å². The number of β-lactam (4-membered cyclic amide) rings is 1. The zero-order chi connectivity index (χ0) is 24.7. The van der Waals surface area contributed by atoms with Gasteiger partial charge >= 0.3 is 5.97 Å². The number of carboxylic acids is 1. The first-order valence-corrected chi connectivity index (χ1v) is 12.3. The zero-order valence-electron chi connectivity index (χ0n) is 18.8. The number of allylic oxidation sites excluding steroid dienone is 1. The predicted octanol–water partition coefficient (Wildman–Crippen LogP) is 0.968. The summed E-state index contributed by atoms with van der Waals surface area (Å²) in [6, 6.07) is 12.2. The average Bonchev–Trinajstić information content (AvgIpc) is 3.18. The van der Waals surface area contributed by atoms with Crippen LogP contribution in [-0.4, -0.2) is 61.5 Å². The summed E-state index contributed by atoms with van der Waals surface area (Å²) in [5.74, 6) is -1.16. The Hall–Kier alpha value is -3.63. The second-order valence-corrected chi connectivity index (χ2v) is 9.86. The van der Waals surface area contributed by atoms with Gasteiger partial charge in [0.2, 0.25) is 17.5 Å². The Labute approximate surface area is 206 Å².